The Morgan fingerprint density at radius 2 is 2.04 bits per heavy atom. The Morgan fingerprint density at radius 3 is 2.61 bits per heavy atom. The molecule has 1 fully saturated rings. The molecule has 23 heavy (non-hydrogen) atoms. The molecule has 2 aromatic rings. The van der Waals surface area contributed by atoms with Crippen LogP contribution in [0.3, 0.4) is 0 Å². The van der Waals surface area contributed by atoms with E-state index < -0.39 is 11.4 Å². The van der Waals surface area contributed by atoms with E-state index >= 15 is 0 Å². The van der Waals surface area contributed by atoms with Gasteiger partial charge >= 0.3 is 5.97 Å². The first-order chi connectivity index (χ1) is 10.9. The van der Waals surface area contributed by atoms with Crippen LogP contribution in [-0.2, 0) is 9.59 Å². The third-order valence-electron chi connectivity index (χ3n) is 4.91. The van der Waals surface area contributed by atoms with Crippen molar-refractivity contribution in [3.8, 4) is 0 Å². The Morgan fingerprint density at radius 1 is 1.35 bits per heavy atom. The van der Waals surface area contributed by atoms with Gasteiger partial charge < -0.3 is 14.8 Å². The van der Waals surface area contributed by atoms with Gasteiger partial charge in [0.05, 0.1) is 11.5 Å². The number of benzene rings is 1. The minimum absolute atomic E-state index is 0.0337. The molecular formula is C18H21NO4. The highest BCUT2D eigenvalue weighted by Gasteiger charge is 2.46. The highest BCUT2D eigenvalue weighted by molar-refractivity contribution is 5.86. The molecule has 1 aliphatic carbocycles. The van der Waals surface area contributed by atoms with Crippen LogP contribution in [0.25, 0.3) is 11.0 Å². The molecule has 1 heterocycles. The number of aryl methyl sites for hydroxylation is 1. The number of hydrogen-bond donors (Lipinski definition) is 2. The molecule has 1 amide bonds. The lowest BCUT2D eigenvalue weighted by atomic mass is 9.66. The summed E-state index contributed by atoms with van der Waals surface area (Å²) >= 11 is 0. The molecule has 1 saturated carbocycles. The molecule has 0 unspecified atom stereocenters. The Kier molecular flexibility index (Phi) is 3.88. The maximum absolute atomic E-state index is 12.3. The van der Waals surface area contributed by atoms with Crippen molar-refractivity contribution in [2.24, 2.45) is 5.41 Å². The number of amides is 1. The topological polar surface area (TPSA) is 79.5 Å². The third-order valence-corrected chi connectivity index (χ3v) is 4.91. The lowest BCUT2D eigenvalue weighted by molar-refractivity contribution is -0.157. The third kappa shape index (κ3) is 2.71. The fourth-order valence-electron chi connectivity index (χ4n) is 3.34. The number of carboxylic acids is 1. The summed E-state index contributed by atoms with van der Waals surface area (Å²) in [4.78, 5) is 23.6. The van der Waals surface area contributed by atoms with Crippen LogP contribution in [0.2, 0.25) is 0 Å². The number of hydrogen-bond acceptors (Lipinski definition) is 3. The Hall–Kier alpha value is -2.30. The molecule has 1 aromatic carbocycles. The fraction of sp³-hybridized carbons (Fsp3) is 0.444. The van der Waals surface area contributed by atoms with Gasteiger partial charge in [0.25, 0.3) is 0 Å². The van der Waals surface area contributed by atoms with Crippen molar-refractivity contribution in [3.63, 3.8) is 0 Å². The van der Waals surface area contributed by atoms with Crippen LogP contribution in [0.15, 0.2) is 28.7 Å². The van der Waals surface area contributed by atoms with Crippen LogP contribution in [0, 0.1) is 12.3 Å². The molecule has 0 saturated heterocycles. The zero-order valence-corrected chi connectivity index (χ0v) is 13.4. The molecule has 0 aliphatic heterocycles. The normalized spacial score (nSPS) is 17.5. The number of carboxylic acid groups (broad SMARTS) is 1. The number of para-hydroxylation sites is 1. The summed E-state index contributed by atoms with van der Waals surface area (Å²) in [6.45, 7) is 3.82. The highest BCUT2D eigenvalue weighted by atomic mass is 16.4. The van der Waals surface area contributed by atoms with E-state index in [2.05, 4.69) is 5.32 Å². The maximum Gasteiger partial charge on any atom is 0.310 e. The predicted octanol–water partition coefficient (Wildman–Crippen LogP) is 3.56. The number of furan rings is 1. The summed E-state index contributed by atoms with van der Waals surface area (Å²) in [5.41, 5.74) is 0.930. The monoisotopic (exact) mass is 315 g/mol. The van der Waals surface area contributed by atoms with Crippen LogP contribution in [0.4, 0.5) is 0 Å². The average molecular weight is 315 g/mol. The zero-order chi connectivity index (χ0) is 16.6. The van der Waals surface area contributed by atoms with Gasteiger partial charge in [-0.1, -0.05) is 24.6 Å². The van der Waals surface area contributed by atoms with Gasteiger partial charge in [0.1, 0.15) is 11.3 Å². The smallest absolute Gasteiger partial charge is 0.310 e. The van der Waals surface area contributed by atoms with Crippen molar-refractivity contribution in [2.75, 3.05) is 0 Å². The number of aliphatic carboxylic acids is 1. The fourth-order valence-corrected chi connectivity index (χ4v) is 3.34. The molecule has 5 nitrogen and oxygen atoms in total. The molecule has 0 spiro atoms. The molecule has 1 aliphatic rings. The minimum Gasteiger partial charge on any atom is -0.481 e. The van der Waals surface area contributed by atoms with E-state index in [1.54, 1.807) is 0 Å². The Bertz CT molecular complexity index is 757. The summed E-state index contributed by atoms with van der Waals surface area (Å²) in [5.74, 6) is -0.386. The van der Waals surface area contributed by atoms with Crippen LogP contribution < -0.4 is 5.32 Å². The van der Waals surface area contributed by atoms with Gasteiger partial charge in [-0.15, -0.1) is 0 Å². The van der Waals surface area contributed by atoms with Crippen molar-refractivity contribution in [2.45, 2.75) is 45.6 Å². The van der Waals surface area contributed by atoms with Crippen molar-refractivity contribution >= 4 is 22.8 Å². The minimum atomic E-state index is -0.869. The van der Waals surface area contributed by atoms with E-state index in [-0.39, 0.29) is 18.4 Å². The first kappa shape index (κ1) is 15.6. The number of fused-ring (bicyclic) bond motifs is 1. The highest BCUT2D eigenvalue weighted by Crippen LogP contribution is 2.44. The zero-order valence-electron chi connectivity index (χ0n) is 13.4. The molecule has 1 aromatic heterocycles. The molecule has 122 valence electrons. The van der Waals surface area contributed by atoms with E-state index in [4.69, 9.17) is 4.42 Å². The van der Waals surface area contributed by atoms with Gasteiger partial charge in [-0.25, -0.2) is 0 Å². The molecule has 2 N–H and O–H groups in total. The first-order valence-corrected chi connectivity index (χ1v) is 7.94. The quantitative estimate of drug-likeness (QED) is 0.884. The maximum atomic E-state index is 12.3. The second-order valence-electron chi connectivity index (χ2n) is 6.49. The first-order valence-electron chi connectivity index (χ1n) is 7.94. The average Bonchev–Trinajstić information content (AvgIpc) is 2.80. The van der Waals surface area contributed by atoms with Gasteiger partial charge in [-0.2, -0.15) is 0 Å². The van der Waals surface area contributed by atoms with Gasteiger partial charge in [0, 0.05) is 17.4 Å². The van der Waals surface area contributed by atoms with Crippen LogP contribution in [0.5, 0.6) is 0 Å². The van der Waals surface area contributed by atoms with Gasteiger partial charge in [0.15, 0.2) is 0 Å². The number of carbonyl (C=O) groups excluding carboxylic acids is 1. The lowest BCUT2D eigenvalue weighted by Crippen LogP contribution is -2.43. The second kappa shape index (κ2) is 5.72. The van der Waals surface area contributed by atoms with Gasteiger partial charge in [0.2, 0.25) is 5.91 Å². The van der Waals surface area contributed by atoms with Crippen LogP contribution in [0.1, 0.15) is 50.0 Å². The van der Waals surface area contributed by atoms with Crippen molar-refractivity contribution < 1.29 is 19.1 Å². The van der Waals surface area contributed by atoms with E-state index in [0.717, 1.165) is 28.7 Å². The molecule has 0 bridgehead atoms. The molecular weight excluding hydrogens is 294 g/mol. The summed E-state index contributed by atoms with van der Waals surface area (Å²) in [5, 5.41) is 13.2. The molecule has 0 radical (unpaired) electrons. The second-order valence-corrected chi connectivity index (χ2v) is 6.49. The predicted molar refractivity (Wildman–Crippen MR) is 86.0 cm³/mol. The largest absolute Gasteiger partial charge is 0.481 e. The van der Waals surface area contributed by atoms with E-state index in [9.17, 15) is 14.7 Å². The van der Waals surface area contributed by atoms with E-state index in [1.165, 1.54) is 0 Å². The van der Waals surface area contributed by atoms with Crippen LogP contribution >= 0.6 is 0 Å². The van der Waals surface area contributed by atoms with E-state index in [0.29, 0.717) is 12.8 Å². The summed E-state index contributed by atoms with van der Waals surface area (Å²) in [6, 6.07) is 7.45. The van der Waals surface area contributed by atoms with Crippen molar-refractivity contribution in [1.29, 1.82) is 0 Å². The summed E-state index contributed by atoms with van der Waals surface area (Å²) in [6.07, 6.45) is 2.06. The molecule has 5 heteroatoms. The number of rotatable bonds is 5. The Labute approximate surface area is 134 Å². The van der Waals surface area contributed by atoms with Crippen molar-refractivity contribution in [1.82, 2.24) is 5.32 Å². The van der Waals surface area contributed by atoms with Crippen molar-refractivity contribution in [3.05, 3.63) is 35.6 Å². The summed E-state index contributed by atoms with van der Waals surface area (Å²) < 4.78 is 5.85. The Balaban J connectivity index is 1.73. The summed E-state index contributed by atoms with van der Waals surface area (Å²) in [7, 11) is 0. The SMILES string of the molecule is Cc1c([C@@H](C)NC(=O)CC2(C(=O)O)CCC2)oc2ccccc12. The number of nitrogens with one attached hydrogen (secondary N) is 1. The van der Waals surface area contributed by atoms with Crippen LogP contribution in [-0.4, -0.2) is 17.0 Å². The standard InChI is InChI=1S/C18H21NO4/c1-11-13-6-3-4-7-14(13)23-16(11)12(2)19-15(20)10-18(17(21)22)8-5-9-18/h3-4,6-7,12H,5,8-10H2,1-2H3,(H,19,20)(H,21,22)/t12-/m1/s1. The van der Waals surface area contributed by atoms with Gasteiger partial charge in [-0.05, 0) is 32.8 Å². The number of carbonyl (C=O) groups is 2. The molecule has 1 atom stereocenters. The molecule has 3 rings (SSSR count). The van der Waals surface area contributed by atoms with E-state index in [1.807, 2.05) is 38.1 Å². The lowest BCUT2D eigenvalue weighted by Gasteiger charge is -2.37. The van der Waals surface area contributed by atoms with Gasteiger partial charge in [-0.3, -0.25) is 9.59 Å².